The third-order valence-corrected chi connectivity index (χ3v) is 4.18. The zero-order chi connectivity index (χ0) is 16.4. The zero-order valence-electron chi connectivity index (χ0n) is 13.3. The molecular formula is C17H20N2O4. The first kappa shape index (κ1) is 15.4. The second kappa shape index (κ2) is 6.32. The number of rotatable bonds is 5. The van der Waals surface area contributed by atoms with Crippen molar-refractivity contribution in [3.63, 3.8) is 0 Å². The minimum absolute atomic E-state index is 0.165. The molecule has 6 heteroatoms. The van der Waals surface area contributed by atoms with Gasteiger partial charge in [0.25, 0.3) is 0 Å². The Kier molecular flexibility index (Phi) is 4.23. The third-order valence-electron chi connectivity index (χ3n) is 4.18. The number of esters is 1. The summed E-state index contributed by atoms with van der Waals surface area (Å²) < 4.78 is 10.3. The first-order valence-corrected chi connectivity index (χ1v) is 7.77. The van der Waals surface area contributed by atoms with E-state index in [1.807, 2.05) is 24.3 Å². The van der Waals surface area contributed by atoms with E-state index in [4.69, 9.17) is 9.47 Å². The van der Waals surface area contributed by atoms with Gasteiger partial charge in [0, 0.05) is 6.54 Å². The van der Waals surface area contributed by atoms with Crippen LogP contribution in [0.2, 0.25) is 0 Å². The van der Waals surface area contributed by atoms with E-state index in [2.05, 4.69) is 12.2 Å². The fourth-order valence-corrected chi connectivity index (χ4v) is 2.91. The molecule has 3 rings (SSSR count). The molecule has 2 heterocycles. The lowest BCUT2D eigenvalue weighted by Gasteiger charge is -2.32. The van der Waals surface area contributed by atoms with Crippen molar-refractivity contribution in [2.45, 2.75) is 25.8 Å². The van der Waals surface area contributed by atoms with Gasteiger partial charge in [0.1, 0.15) is 12.4 Å². The third kappa shape index (κ3) is 2.76. The molecule has 0 saturated heterocycles. The lowest BCUT2D eigenvalue weighted by molar-refractivity contribution is -0.136. The molecule has 1 atom stereocenters. The number of urea groups is 1. The van der Waals surface area contributed by atoms with E-state index in [0.29, 0.717) is 17.8 Å². The van der Waals surface area contributed by atoms with Gasteiger partial charge in [0.05, 0.1) is 24.4 Å². The van der Waals surface area contributed by atoms with Gasteiger partial charge in [-0.15, -0.1) is 0 Å². The van der Waals surface area contributed by atoms with Gasteiger partial charge in [-0.05, 0) is 24.1 Å². The summed E-state index contributed by atoms with van der Waals surface area (Å²) in [6.45, 7) is 2.82. The van der Waals surface area contributed by atoms with Gasteiger partial charge in [-0.25, -0.2) is 9.59 Å². The van der Waals surface area contributed by atoms with Crippen molar-refractivity contribution < 1.29 is 19.1 Å². The molecule has 0 unspecified atom stereocenters. The van der Waals surface area contributed by atoms with Crippen molar-refractivity contribution in [2.75, 3.05) is 20.3 Å². The minimum Gasteiger partial charge on any atom is -0.497 e. The predicted octanol–water partition coefficient (Wildman–Crippen LogP) is 2.37. The van der Waals surface area contributed by atoms with Crippen LogP contribution in [0.15, 0.2) is 35.5 Å². The number of nitrogens with zero attached hydrogens (tertiary/aromatic N) is 1. The van der Waals surface area contributed by atoms with E-state index in [0.717, 1.165) is 24.2 Å². The van der Waals surface area contributed by atoms with Crippen LogP contribution in [-0.4, -0.2) is 37.2 Å². The van der Waals surface area contributed by atoms with Crippen LogP contribution in [0.5, 0.6) is 5.75 Å². The van der Waals surface area contributed by atoms with E-state index in [9.17, 15) is 9.59 Å². The number of carbonyl (C=O) groups excluding carboxylic acids is 2. The van der Waals surface area contributed by atoms with Gasteiger partial charge in [-0.2, -0.15) is 0 Å². The molecule has 0 spiro atoms. The molecule has 0 bridgehead atoms. The molecule has 122 valence electrons. The average molecular weight is 316 g/mol. The SMILES string of the molecule is CCCCN1C(=O)N[C@@H](c2ccc(OC)cc2)C2=C1COC2=O. The van der Waals surface area contributed by atoms with Crippen molar-refractivity contribution in [1.29, 1.82) is 0 Å². The molecule has 0 radical (unpaired) electrons. The molecule has 0 saturated carbocycles. The van der Waals surface area contributed by atoms with Gasteiger partial charge in [0.2, 0.25) is 0 Å². The molecule has 6 nitrogen and oxygen atoms in total. The van der Waals surface area contributed by atoms with E-state index >= 15 is 0 Å². The number of unbranched alkanes of at least 4 members (excludes halogenated alkanes) is 1. The molecule has 0 aliphatic carbocycles. The van der Waals surface area contributed by atoms with Crippen LogP contribution < -0.4 is 10.1 Å². The highest BCUT2D eigenvalue weighted by molar-refractivity contribution is 5.97. The Morgan fingerprint density at radius 3 is 2.70 bits per heavy atom. The quantitative estimate of drug-likeness (QED) is 0.847. The van der Waals surface area contributed by atoms with Crippen molar-refractivity contribution in [3.05, 3.63) is 41.1 Å². The number of methoxy groups -OCH3 is 1. The smallest absolute Gasteiger partial charge is 0.338 e. The molecule has 2 amide bonds. The monoisotopic (exact) mass is 316 g/mol. The molecule has 23 heavy (non-hydrogen) atoms. The Balaban J connectivity index is 1.96. The van der Waals surface area contributed by atoms with Crippen molar-refractivity contribution in [2.24, 2.45) is 0 Å². The minimum atomic E-state index is -0.476. The van der Waals surface area contributed by atoms with Crippen LogP contribution in [-0.2, 0) is 9.53 Å². The second-order valence-corrected chi connectivity index (χ2v) is 5.60. The van der Waals surface area contributed by atoms with Crippen LogP contribution in [0, 0.1) is 0 Å². The Morgan fingerprint density at radius 2 is 2.04 bits per heavy atom. The van der Waals surface area contributed by atoms with E-state index < -0.39 is 6.04 Å². The number of hydrogen-bond donors (Lipinski definition) is 1. The lowest BCUT2D eigenvalue weighted by Crippen LogP contribution is -2.47. The summed E-state index contributed by atoms with van der Waals surface area (Å²) in [5.41, 5.74) is 2.06. The van der Waals surface area contributed by atoms with Gasteiger partial charge in [-0.1, -0.05) is 25.5 Å². The number of cyclic esters (lactones) is 1. The van der Waals surface area contributed by atoms with Crippen LogP contribution in [0.25, 0.3) is 0 Å². The number of amides is 2. The molecule has 1 N–H and O–H groups in total. The number of nitrogens with one attached hydrogen (secondary N) is 1. The molecule has 2 aliphatic heterocycles. The zero-order valence-corrected chi connectivity index (χ0v) is 13.3. The van der Waals surface area contributed by atoms with Gasteiger partial charge < -0.3 is 14.8 Å². The second-order valence-electron chi connectivity index (χ2n) is 5.60. The van der Waals surface area contributed by atoms with Gasteiger partial charge in [-0.3, -0.25) is 4.90 Å². The first-order valence-electron chi connectivity index (χ1n) is 7.77. The van der Waals surface area contributed by atoms with Crippen LogP contribution in [0.3, 0.4) is 0 Å². The summed E-state index contributed by atoms with van der Waals surface area (Å²) in [4.78, 5) is 26.2. The summed E-state index contributed by atoms with van der Waals surface area (Å²) in [6.07, 6.45) is 1.86. The Morgan fingerprint density at radius 1 is 1.30 bits per heavy atom. The summed E-state index contributed by atoms with van der Waals surface area (Å²) in [7, 11) is 1.60. The number of benzene rings is 1. The van der Waals surface area contributed by atoms with Crippen LogP contribution in [0.1, 0.15) is 31.4 Å². The summed E-state index contributed by atoms with van der Waals surface area (Å²) in [6, 6.07) is 6.66. The van der Waals surface area contributed by atoms with E-state index in [1.165, 1.54) is 0 Å². The van der Waals surface area contributed by atoms with E-state index in [-0.39, 0.29) is 18.6 Å². The summed E-state index contributed by atoms with van der Waals surface area (Å²) in [5.74, 6) is 0.367. The molecule has 0 aromatic heterocycles. The standard InChI is InChI=1S/C17H20N2O4/c1-3-4-9-19-13-10-23-16(20)14(13)15(18-17(19)21)11-5-7-12(22-2)8-6-11/h5-8,15H,3-4,9-10H2,1-2H3,(H,18,21)/t15-/m0/s1. The maximum atomic E-state index is 12.4. The van der Waals surface area contributed by atoms with Crippen molar-refractivity contribution >= 4 is 12.0 Å². The highest BCUT2D eigenvalue weighted by atomic mass is 16.5. The Labute approximate surface area is 135 Å². The van der Waals surface area contributed by atoms with Crippen molar-refractivity contribution in [3.8, 4) is 5.75 Å². The predicted molar refractivity (Wildman–Crippen MR) is 83.9 cm³/mol. The Bertz CT molecular complexity index is 651. The highest BCUT2D eigenvalue weighted by Gasteiger charge is 2.41. The molecule has 0 fully saturated rings. The summed E-state index contributed by atoms with van der Waals surface area (Å²) >= 11 is 0. The molecular weight excluding hydrogens is 296 g/mol. The maximum absolute atomic E-state index is 12.4. The lowest BCUT2D eigenvalue weighted by atomic mass is 9.95. The normalized spacial score (nSPS) is 20.3. The topological polar surface area (TPSA) is 67.9 Å². The largest absolute Gasteiger partial charge is 0.497 e. The maximum Gasteiger partial charge on any atom is 0.338 e. The highest BCUT2D eigenvalue weighted by Crippen LogP contribution is 2.35. The van der Waals surface area contributed by atoms with Crippen LogP contribution in [0.4, 0.5) is 4.79 Å². The first-order chi connectivity index (χ1) is 11.2. The number of carbonyl (C=O) groups is 2. The number of hydrogen-bond acceptors (Lipinski definition) is 4. The average Bonchev–Trinajstić information content (AvgIpc) is 2.95. The van der Waals surface area contributed by atoms with E-state index in [1.54, 1.807) is 12.0 Å². The molecule has 1 aromatic carbocycles. The van der Waals surface area contributed by atoms with Crippen LogP contribution >= 0.6 is 0 Å². The molecule has 2 aliphatic rings. The fourth-order valence-electron chi connectivity index (χ4n) is 2.91. The Hall–Kier alpha value is -2.50. The van der Waals surface area contributed by atoms with Gasteiger partial charge in [0.15, 0.2) is 0 Å². The molecule has 1 aromatic rings. The summed E-state index contributed by atoms with van der Waals surface area (Å²) in [5, 5.41) is 2.92. The fraction of sp³-hybridized carbons (Fsp3) is 0.412. The van der Waals surface area contributed by atoms with Gasteiger partial charge >= 0.3 is 12.0 Å². The van der Waals surface area contributed by atoms with Crippen molar-refractivity contribution in [1.82, 2.24) is 10.2 Å². The number of ether oxygens (including phenoxy) is 2.